The van der Waals surface area contributed by atoms with E-state index in [9.17, 15) is 14.4 Å². The van der Waals surface area contributed by atoms with Crippen molar-refractivity contribution in [3.05, 3.63) is 34.9 Å². The standard InChI is InChI=1S/C17H17Cl2NO5/c1-20(2)16(22)12-5-3-9(7-14(12)21)11-6-4-10(8-13(11)18)25-15(19)17(23)24/h4,6-8,12,15H,3,5H2,1-2H3,(H,23,24). The van der Waals surface area contributed by atoms with Crippen LogP contribution in [0.15, 0.2) is 24.3 Å². The summed E-state index contributed by atoms with van der Waals surface area (Å²) in [7, 11) is 3.23. The van der Waals surface area contributed by atoms with Gasteiger partial charge in [0.25, 0.3) is 5.56 Å². The molecule has 2 atom stereocenters. The second-order valence-corrected chi connectivity index (χ2v) is 6.61. The van der Waals surface area contributed by atoms with Gasteiger partial charge in [0, 0.05) is 14.1 Å². The van der Waals surface area contributed by atoms with Crippen LogP contribution in [-0.2, 0) is 14.4 Å². The van der Waals surface area contributed by atoms with Gasteiger partial charge in [-0.3, -0.25) is 9.59 Å². The third-order valence-electron chi connectivity index (χ3n) is 3.82. The van der Waals surface area contributed by atoms with Gasteiger partial charge in [0.15, 0.2) is 5.78 Å². The van der Waals surface area contributed by atoms with Crippen molar-refractivity contribution in [1.29, 1.82) is 0 Å². The van der Waals surface area contributed by atoms with Crippen molar-refractivity contribution in [2.24, 2.45) is 5.92 Å². The highest BCUT2D eigenvalue weighted by Crippen LogP contribution is 2.35. The Hall–Kier alpha value is -2.05. The summed E-state index contributed by atoms with van der Waals surface area (Å²) >= 11 is 11.7. The number of alkyl halides is 1. The molecule has 0 fully saturated rings. The third kappa shape index (κ3) is 4.52. The van der Waals surface area contributed by atoms with Gasteiger partial charge in [-0.1, -0.05) is 23.2 Å². The summed E-state index contributed by atoms with van der Waals surface area (Å²) < 4.78 is 5.04. The normalized spacial score (nSPS) is 18.3. The lowest BCUT2D eigenvalue weighted by molar-refractivity contribution is -0.141. The van der Waals surface area contributed by atoms with Crippen LogP contribution in [0.2, 0.25) is 5.02 Å². The molecule has 1 aliphatic rings. The summed E-state index contributed by atoms with van der Waals surface area (Å²) in [6.45, 7) is 0. The first-order chi connectivity index (χ1) is 11.7. The number of carboxylic acid groups (broad SMARTS) is 1. The molecule has 134 valence electrons. The fourth-order valence-corrected chi connectivity index (χ4v) is 2.95. The lowest BCUT2D eigenvalue weighted by Crippen LogP contribution is -2.35. The molecular weight excluding hydrogens is 369 g/mol. The highest BCUT2D eigenvalue weighted by Gasteiger charge is 2.30. The molecule has 0 spiro atoms. The van der Waals surface area contributed by atoms with Crippen LogP contribution in [0.1, 0.15) is 18.4 Å². The molecule has 0 bridgehead atoms. The van der Waals surface area contributed by atoms with Crippen molar-refractivity contribution >= 4 is 46.4 Å². The predicted molar refractivity (Wildman–Crippen MR) is 93.8 cm³/mol. The quantitative estimate of drug-likeness (QED) is 0.622. The van der Waals surface area contributed by atoms with Gasteiger partial charge in [-0.15, -0.1) is 0 Å². The minimum absolute atomic E-state index is 0.208. The maximum atomic E-state index is 12.2. The number of aliphatic carboxylic acids is 1. The van der Waals surface area contributed by atoms with E-state index in [1.165, 1.54) is 23.1 Å². The zero-order valence-electron chi connectivity index (χ0n) is 13.7. The summed E-state index contributed by atoms with van der Waals surface area (Å²) in [5, 5.41) is 9.05. The van der Waals surface area contributed by atoms with E-state index < -0.39 is 17.5 Å². The van der Waals surface area contributed by atoms with Crippen LogP contribution in [0, 0.1) is 5.92 Å². The summed E-state index contributed by atoms with van der Waals surface area (Å²) in [4.78, 5) is 36.4. The average Bonchev–Trinajstić information content (AvgIpc) is 2.54. The van der Waals surface area contributed by atoms with Crippen LogP contribution >= 0.6 is 23.2 Å². The average molecular weight is 386 g/mol. The molecule has 1 aliphatic carbocycles. The molecule has 0 aliphatic heterocycles. The monoisotopic (exact) mass is 385 g/mol. The van der Waals surface area contributed by atoms with Crippen molar-refractivity contribution in [3.63, 3.8) is 0 Å². The second kappa shape index (κ2) is 7.89. The minimum Gasteiger partial charge on any atom is -0.478 e. The highest BCUT2D eigenvalue weighted by atomic mass is 35.5. The van der Waals surface area contributed by atoms with E-state index in [2.05, 4.69) is 0 Å². The molecule has 25 heavy (non-hydrogen) atoms. The molecule has 2 rings (SSSR count). The van der Waals surface area contributed by atoms with Gasteiger partial charge in [0.05, 0.1) is 5.02 Å². The molecule has 0 radical (unpaired) electrons. The van der Waals surface area contributed by atoms with Crippen molar-refractivity contribution in [2.45, 2.75) is 18.4 Å². The van der Waals surface area contributed by atoms with Crippen LogP contribution in [0.4, 0.5) is 0 Å². The third-order valence-corrected chi connectivity index (χ3v) is 4.41. The zero-order valence-corrected chi connectivity index (χ0v) is 15.2. The van der Waals surface area contributed by atoms with Crippen molar-refractivity contribution in [1.82, 2.24) is 4.90 Å². The Morgan fingerprint density at radius 2 is 2.04 bits per heavy atom. The summed E-state index contributed by atoms with van der Waals surface area (Å²) in [5.74, 6) is -2.22. The number of hydrogen-bond donors (Lipinski definition) is 1. The van der Waals surface area contributed by atoms with Gasteiger partial charge in [0.1, 0.15) is 11.7 Å². The topological polar surface area (TPSA) is 83.9 Å². The van der Waals surface area contributed by atoms with Crippen LogP contribution in [0.5, 0.6) is 5.75 Å². The summed E-state index contributed by atoms with van der Waals surface area (Å²) in [6.07, 6.45) is 2.39. The molecule has 0 saturated carbocycles. The van der Waals surface area contributed by atoms with E-state index >= 15 is 0 Å². The van der Waals surface area contributed by atoms with Crippen molar-refractivity contribution in [2.75, 3.05) is 14.1 Å². The van der Waals surface area contributed by atoms with Crippen LogP contribution < -0.4 is 4.74 Å². The number of halogens is 2. The smallest absolute Gasteiger partial charge is 0.360 e. The zero-order chi connectivity index (χ0) is 18.7. The number of rotatable bonds is 5. The minimum atomic E-state index is -1.52. The highest BCUT2D eigenvalue weighted by molar-refractivity contribution is 6.33. The molecule has 0 saturated heterocycles. The predicted octanol–water partition coefficient (Wildman–Crippen LogP) is 2.82. The van der Waals surface area contributed by atoms with E-state index in [4.69, 9.17) is 33.0 Å². The fraction of sp³-hybridized carbons (Fsp3) is 0.353. The Bertz CT molecular complexity index is 745. The van der Waals surface area contributed by atoms with Gasteiger partial charge >= 0.3 is 5.97 Å². The lowest BCUT2D eigenvalue weighted by Gasteiger charge is -2.23. The van der Waals surface area contributed by atoms with Crippen LogP contribution in [-0.4, -0.2) is 47.3 Å². The number of ketones is 1. The number of benzene rings is 1. The number of nitrogens with zero attached hydrogens (tertiary/aromatic N) is 1. The molecule has 1 amide bonds. The largest absolute Gasteiger partial charge is 0.478 e. The first-order valence-electron chi connectivity index (χ1n) is 7.49. The Kier molecular flexibility index (Phi) is 6.08. The summed E-state index contributed by atoms with van der Waals surface area (Å²) in [5.41, 5.74) is -0.153. The van der Waals surface area contributed by atoms with E-state index in [1.807, 2.05) is 0 Å². The molecule has 1 N–H and O–H groups in total. The Morgan fingerprint density at radius 1 is 1.36 bits per heavy atom. The van der Waals surface area contributed by atoms with Gasteiger partial charge in [-0.25, -0.2) is 4.79 Å². The maximum absolute atomic E-state index is 12.2. The van der Waals surface area contributed by atoms with Crippen molar-refractivity contribution < 1.29 is 24.2 Å². The molecule has 1 aromatic rings. The van der Waals surface area contributed by atoms with E-state index in [0.29, 0.717) is 23.4 Å². The lowest BCUT2D eigenvalue weighted by atomic mass is 9.85. The van der Waals surface area contributed by atoms with Crippen LogP contribution in [0.3, 0.4) is 0 Å². The fourth-order valence-electron chi connectivity index (χ4n) is 2.56. The molecule has 8 heteroatoms. The maximum Gasteiger partial charge on any atom is 0.360 e. The first kappa shape index (κ1) is 19.3. The molecule has 0 heterocycles. The number of carboxylic acids is 1. The number of hydrogen-bond acceptors (Lipinski definition) is 4. The number of carbonyl (C=O) groups excluding carboxylic acids is 2. The number of amides is 1. The Labute approximate surface area is 155 Å². The van der Waals surface area contributed by atoms with Gasteiger partial charge in [-0.05, 0) is 48.3 Å². The molecule has 6 nitrogen and oxygen atoms in total. The van der Waals surface area contributed by atoms with Crippen molar-refractivity contribution in [3.8, 4) is 5.75 Å². The second-order valence-electron chi connectivity index (χ2n) is 5.81. The van der Waals surface area contributed by atoms with E-state index in [1.54, 1.807) is 20.2 Å². The van der Waals surface area contributed by atoms with E-state index in [0.717, 1.165) is 5.57 Å². The summed E-state index contributed by atoms with van der Waals surface area (Å²) in [6, 6.07) is 4.61. The van der Waals surface area contributed by atoms with Crippen LogP contribution in [0.25, 0.3) is 5.57 Å². The number of carbonyl (C=O) groups is 3. The molecular formula is C17H17Cl2NO5. The Morgan fingerprint density at radius 3 is 2.56 bits per heavy atom. The molecule has 2 unspecified atom stereocenters. The molecule has 0 aromatic heterocycles. The van der Waals surface area contributed by atoms with Gasteiger partial charge < -0.3 is 14.7 Å². The molecule has 1 aromatic carbocycles. The number of ether oxygens (including phenoxy) is 1. The van der Waals surface area contributed by atoms with Gasteiger partial charge in [-0.2, -0.15) is 0 Å². The van der Waals surface area contributed by atoms with Gasteiger partial charge in [0.2, 0.25) is 5.91 Å². The SMILES string of the molecule is CN(C)C(=O)C1CCC(c2ccc(OC(Cl)C(=O)O)cc2Cl)=CC1=O. The number of allylic oxidation sites excluding steroid dienone is 2. The van der Waals surface area contributed by atoms with E-state index in [-0.39, 0.29) is 17.4 Å². The Balaban J connectivity index is 2.20. The first-order valence-corrected chi connectivity index (χ1v) is 8.31.